The Bertz CT molecular complexity index is 297. The van der Waals surface area contributed by atoms with Crippen LogP contribution >= 0.6 is 11.3 Å². The highest BCUT2D eigenvalue weighted by Crippen LogP contribution is 2.21. The van der Waals surface area contributed by atoms with E-state index in [1.165, 1.54) is 6.07 Å². The maximum Gasteiger partial charge on any atom is 0.161 e. The third-order valence-corrected chi connectivity index (χ3v) is 1.90. The molecule has 0 aromatic carbocycles. The smallest absolute Gasteiger partial charge is 0.161 e. The lowest BCUT2D eigenvalue weighted by Gasteiger charge is -1.75. The molecule has 0 amide bonds. The molecule has 0 unspecified atom stereocenters. The zero-order chi connectivity index (χ0) is 7.56. The van der Waals surface area contributed by atoms with Gasteiger partial charge < -0.3 is 5.73 Å². The summed E-state index contributed by atoms with van der Waals surface area (Å²) < 4.78 is 0. The summed E-state index contributed by atoms with van der Waals surface area (Å²) in [5.74, 6) is 0. The highest BCUT2D eigenvalue weighted by atomic mass is 32.1. The van der Waals surface area contributed by atoms with E-state index in [0.29, 0.717) is 21.7 Å². The minimum Gasteiger partial charge on any atom is -0.391 e. The molecule has 0 aliphatic rings. The Kier molecular flexibility index (Phi) is 1.69. The molecule has 0 aliphatic carbocycles. The van der Waals surface area contributed by atoms with Gasteiger partial charge in [-0.3, -0.25) is 4.79 Å². The third-order valence-electron chi connectivity index (χ3n) is 1.01. The normalized spacial score (nSPS) is 8.70. The molecule has 0 aliphatic heterocycles. The van der Waals surface area contributed by atoms with Crippen molar-refractivity contribution in [2.45, 2.75) is 0 Å². The van der Waals surface area contributed by atoms with Crippen LogP contribution in [0.1, 0.15) is 15.2 Å². The minimum absolute atomic E-state index is 0.359. The molecule has 1 heterocycles. The Labute approximate surface area is 61.7 Å². The van der Waals surface area contributed by atoms with E-state index < -0.39 is 0 Å². The number of thiophene rings is 1. The molecule has 1 aromatic rings. The maximum absolute atomic E-state index is 10.2. The van der Waals surface area contributed by atoms with Gasteiger partial charge in [0.25, 0.3) is 0 Å². The van der Waals surface area contributed by atoms with Gasteiger partial charge in [0, 0.05) is 0 Å². The van der Waals surface area contributed by atoms with Crippen LogP contribution in [0.3, 0.4) is 0 Å². The number of carbonyl (C=O) groups is 1. The summed E-state index contributed by atoms with van der Waals surface area (Å²) in [6, 6.07) is 3.36. The van der Waals surface area contributed by atoms with Crippen molar-refractivity contribution >= 4 is 22.6 Å². The zero-order valence-electron chi connectivity index (χ0n) is 5.00. The van der Waals surface area contributed by atoms with Crippen molar-refractivity contribution in [2.24, 2.45) is 0 Å². The Morgan fingerprint density at radius 3 is 2.90 bits per heavy atom. The lowest BCUT2D eigenvalue weighted by Crippen LogP contribution is -1.75. The van der Waals surface area contributed by atoms with E-state index in [2.05, 4.69) is 0 Å². The maximum atomic E-state index is 10.2. The summed E-state index contributed by atoms with van der Waals surface area (Å²) in [5.41, 5.74) is 5.70. The second-order valence-corrected chi connectivity index (χ2v) is 2.77. The topological polar surface area (TPSA) is 66.9 Å². The standard InChI is InChI=1S/C6H4N2OS/c7-2-4-1-6(8)10-5(4)3-9/h1,3H,8H2. The van der Waals surface area contributed by atoms with Gasteiger partial charge >= 0.3 is 0 Å². The van der Waals surface area contributed by atoms with Crippen molar-refractivity contribution in [3.05, 3.63) is 16.5 Å². The lowest BCUT2D eigenvalue weighted by molar-refractivity contribution is 0.112. The second kappa shape index (κ2) is 2.50. The number of nitrogens with zero attached hydrogens (tertiary/aromatic N) is 1. The molecular weight excluding hydrogens is 148 g/mol. The Morgan fingerprint density at radius 1 is 1.80 bits per heavy atom. The predicted octanol–water partition coefficient (Wildman–Crippen LogP) is 1.01. The van der Waals surface area contributed by atoms with Crippen LogP contribution in [0.2, 0.25) is 0 Å². The van der Waals surface area contributed by atoms with Crippen LogP contribution in [0, 0.1) is 11.3 Å². The average molecular weight is 152 g/mol. The number of nitrogen functional groups attached to an aromatic ring is 1. The zero-order valence-corrected chi connectivity index (χ0v) is 5.81. The van der Waals surface area contributed by atoms with Gasteiger partial charge in [0.1, 0.15) is 6.07 Å². The number of nitriles is 1. The molecule has 0 atom stereocenters. The summed E-state index contributed by atoms with van der Waals surface area (Å²) in [5, 5.41) is 8.90. The third kappa shape index (κ3) is 0.993. The SMILES string of the molecule is N#Cc1cc(N)sc1C=O. The van der Waals surface area contributed by atoms with Crippen LogP contribution in [0.25, 0.3) is 0 Å². The van der Waals surface area contributed by atoms with Gasteiger partial charge in [0.05, 0.1) is 15.4 Å². The molecule has 0 spiro atoms. The minimum atomic E-state index is 0.359. The van der Waals surface area contributed by atoms with E-state index in [-0.39, 0.29) is 0 Å². The van der Waals surface area contributed by atoms with Crippen molar-refractivity contribution in [3.63, 3.8) is 0 Å². The number of rotatable bonds is 1. The van der Waals surface area contributed by atoms with Crippen molar-refractivity contribution in [3.8, 4) is 6.07 Å². The fraction of sp³-hybridized carbons (Fsp3) is 0. The number of nitrogens with two attached hydrogens (primary N) is 1. The first-order valence-corrected chi connectivity index (χ1v) is 3.34. The Morgan fingerprint density at radius 2 is 2.50 bits per heavy atom. The van der Waals surface area contributed by atoms with Crippen molar-refractivity contribution in [1.82, 2.24) is 0 Å². The first kappa shape index (κ1) is 6.78. The number of aldehydes is 1. The van der Waals surface area contributed by atoms with Gasteiger partial charge in [-0.05, 0) is 6.07 Å². The monoisotopic (exact) mass is 152 g/mol. The highest BCUT2D eigenvalue weighted by Gasteiger charge is 2.03. The first-order chi connectivity index (χ1) is 4.77. The Hall–Kier alpha value is -1.34. The Balaban J connectivity index is 3.24. The number of hydrogen-bond acceptors (Lipinski definition) is 4. The summed E-state index contributed by atoms with van der Waals surface area (Å²) in [6.07, 6.45) is 0.638. The first-order valence-electron chi connectivity index (χ1n) is 2.52. The van der Waals surface area contributed by atoms with E-state index in [9.17, 15) is 4.79 Å². The molecule has 0 bridgehead atoms. The molecule has 4 heteroatoms. The summed E-state index contributed by atoms with van der Waals surface area (Å²) in [4.78, 5) is 10.6. The van der Waals surface area contributed by atoms with Gasteiger partial charge in [0.2, 0.25) is 0 Å². The van der Waals surface area contributed by atoms with Gasteiger partial charge in [-0.1, -0.05) is 0 Å². The van der Waals surface area contributed by atoms with Crippen molar-refractivity contribution in [2.75, 3.05) is 5.73 Å². The van der Waals surface area contributed by atoms with Gasteiger partial charge in [-0.25, -0.2) is 0 Å². The second-order valence-electron chi connectivity index (χ2n) is 1.66. The van der Waals surface area contributed by atoms with E-state index in [0.717, 1.165) is 11.3 Å². The van der Waals surface area contributed by atoms with Crippen LogP contribution in [0.15, 0.2) is 6.07 Å². The molecule has 50 valence electrons. The van der Waals surface area contributed by atoms with E-state index >= 15 is 0 Å². The fourth-order valence-electron chi connectivity index (χ4n) is 0.600. The summed E-state index contributed by atoms with van der Waals surface area (Å²) in [6.45, 7) is 0. The molecule has 3 nitrogen and oxygen atoms in total. The van der Waals surface area contributed by atoms with Crippen LogP contribution in [-0.2, 0) is 0 Å². The van der Waals surface area contributed by atoms with Crippen LogP contribution in [-0.4, -0.2) is 6.29 Å². The average Bonchev–Trinajstić information content (AvgIpc) is 2.30. The molecule has 0 saturated heterocycles. The predicted molar refractivity (Wildman–Crippen MR) is 38.8 cm³/mol. The molecule has 1 rings (SSSR count). The summed E-state index contributed by atoms with van der Waals surface area (Å²) >= 11 is 1.13. The molecule has 1 aromatic heterocycles. The van der Waals surface area contributed by atoms with Crippen molar-refractivity contribution in [1.29, 1.82) is 5.26 Å². The van der Waals surface area contributed by atoms with Gasteiger partial charge in [-0.15, -0.1) is 11.3 Å². The number of carbonyl (C=O) groups excluding carboxylic acids is 1. The molecule has 0 radical (unpaired) electrons. The van der Waals surface area contributed by atoms with E-state index in [1.807, 2.05) is 6.07 Å². The fourth-order valence-corrected chi connectivity index (χ4v) is 1.29. The molecular formula is C6H4N2OS. The molecule has 0 saturated carbocycles. The summed E-state index contributed by atoms with van der Waals surface area (Å²) in [7, 11) is 0. The largest absolute Gasteiger partial charge is 0.391 e. The molecule has 10 heavy (non-hydrogen) atoms. The number of anilines is 1. The highest BCUT2D eigenvalue weighted by molar-refractivity contribution is 7.17. The molecule has 2 N–H and O–H groups in total. The van der Waals surface area contributed by atoms with Gasteiger partial charge in [0.15, 0.2) is 6.29 Å². The van der Waals surface area contributed by atoms with Gasteiger partial charge in [-0.2, -0.15) is 5.26 Å². The van der Waals surface area contributed by atoms with Crippen LogP contribution in [0.4, 0.5) is 5.00 Å². The number of hydrogen-bond donors (Lipinski definition) is 1. The van der Waals surface area contributed by atoms with E-state index in [4.69, 9.17) is 11.0 Å². The van der Waals surface area contributed by atoms with E-state index in [1.54, 1.807) is 0 Å². The lowest BCUT2D eigenvalue weighted by atomic mass is 10.3. The van der Waals surface area contributed by atoms with Crippen LogP contribution < -0.4 is 5.73 Å². The van der Waals surface area contributed by atoms with Crippen LogP contribution in [0.5, 0.6) is 0 Å². The molecule has 0 fully saturated rings. The quantitative estimate of drug-likeness (QED) is 0.611. The van der Waals surface area contributed by atoms with Crippen molar-refractivity contribution < 1.29 is 4.79 Å².